The minimum absolute atomic E-state index is 0.00888. The van der Waals surface area contributed by atoms with Crippen LogP contribution in [-0.2, 0) is 22.5 Å². The lowest BCUT2D eigenvalue weighted by Crippen LogP contribution is -2.37. The largest absolute Gasteiger partial charge is 0.405 e. The Morgan fingerprint density at radius 2 is 2.06 bits per heavy atom. The highest BCUT2D eigenvalue weighted by Crippen LogP contribution is 2.14. The van der Waals surface area contributed by atoms with E-state index in [1.807, 2.05) is 24.3 Å². The first-order valence-corrected chi connectivity index (χ1v) is 12.4. The summed E-state index contributed by atoms with van der Waals surface area (Å²) in [4.78, 5) is 27.4. The van der Waals surface area contributed by atoms with Gasteiger partial charge in [-0.25, -0.2) is 0 Å². The van der Waals surface area contributed by atoms with Crippen LogP contribution in [0.1, 0.15) is 18.9 Å². The van der Waals surface area contributed by atoms with Crippen LogP contribution in [0.15, 0.2) is 29.1 Å². The molecule has 1 aromatic heterocycles. The second-order valence-electron chi connectivity index (χ2n) is 8.15. The van der Waals surface area contributed by atoms with Crippen molar-refractivity contribution in [1.82, 2.24) is 14.8 Å². The summed E-state index contributed by atoms with van der Waals surface area (Å²) in [5.74, 6) is -1.18. The van der Waals surface area contributed by atoms with Gasteiger partial charge in [0.15, 0.2) is 5.57 Å². The van der Waals surface area contributed by atoms with Crippen molar-refractivity contribution in [2.24, 2.45) is 0 Å². The molecule has 1 aromatic carbocycles. The van der Waals surface area contributed by atoms with Crippen LogP contribution in [0.5, 0.6) is 0 Å². The molecule has 0 atom stereocenters. The fourth-order valence-electron chi connectivity index (χ4n) is 3.75. The highest BCUT2D eigenvalue weighted by Gasteiger charge is 2.28. The Kier molecular flexibility index (Phi) is 9.69. The predicted octanol–water partition coefficient (Wildman–Crippen LogP) is 1.40. The van der Waals surface area contributed by atoms with Crippen LogP contribution in [0.25, 0.3) is 11.8 Å². The third kappa shape index (κ3) is 7.68. The van der Waals surface area contributed by atoms with Gasteiger partial charge < -0.3 is 15.4 Å². The molecule has 1 amide bonds. The molecule has 194 valence electrons. The second kappa shape index (κ2) is 12.7. The third-order valence-electron chi connectivity index (χ3n) is 5.57. The molecule has 2 heterocycles. The lowest BCUT2D eigenvalue weighted by molar-refractivity contribution is -0.135. The van der Waals surface area contributed by atoms with E-state index in [2.05, 4.69) is 10.2 Å². The Hall–Kier alpha value is -3.14. The molecule has 1 aliphatic heterocycles. The van der Waals surface area contributed by atoms with Crippen molar-refractivity contribution in [1.29, 1.82) is 5.26 Å². The zero-order valence-corrected chi connectivity index (χ0v) is 20.7. The summed E-state index contributed by atoms with van der Waals surface area (Å²) in [6, 6.07) is 9.42. The van der Waals surface area contributed by atoms with Crippen LogP contribution in [0.3, 0.4) is 0 Å². The van der Waals surface area contributed by atoms with Crippen molar-refractivity contribution < 1.29 is 22.7 Å². The number of nitriles is 1. The summed E-state index contributed by atoms with van der Waals surface area (Å²) in [5.41, 5.74) is 0.928. The number of aromatic nitrogens is 1. The number of nitrogens with zero attached hydrogens (tertiary/aromatic N) is 3. The molecule has 2 aromatic rings. The number of anilines is 1. The highest BCUT2D eigenvalue weighted by molar-refractivity contribution is 7.07. The van der Waals surface area contributed by atoms with E-state index in [1.165, 1.54) is 10.8 Å². The first-order valence-electron chi connectivity index (χ1n) is 11.6. The van der Waals surface area contributed by atoms with Crippen molar-refractivity contribution >= 4 is 34.7 Å². The summed E-state index contributed by atoms with van der Waals surface area (Å²) >= 11 is 0.873. The number of carbonyl (C=O) groups excluding carboxylic acids is 1. The molecule has 0 aliphatic carbocycles. The molecule has 8 nitrogen and oxygen atoms in total. The number of amides is 1. The van der Waals surface area contributed by atoms with Crippen LogP contribution < -0.4 is 25.4 Å². The van der Waals surface area contributed by atoms with Crippen LogP contribution in [0.4, 0.5) is 18.9 Å². The number of benzene rings is 1. The van der Waals surface area contributed by atoms with Gasteiger partial charge >= 0.3 is 6.18 Å². The van der Waals surface area contributed by atoms with Gasteiger partial charge in [0, 0.05) is 31.5 Å². The maximum absolute atomic E-state index is 12.8. The third-order valence-corrected chi connectivity index (χ3v) is 6.70. The Bertz CT molecular complexity index is 1270. The minimum Gasteiger partial charge on any atom is -0.379 e. The number of hydrogen-bond acceptors (Lipinski definition) is 7. The van der Waals surface area contributed by atoms with Gasteiger partial charge in [0.1, 0.15) is 21.8 Å². The average molecular weight is 524 g/mol. The zero-order valence-electron chi connectivity index (χ0n) is 19.9. The summed E-state index contributed by atoms with van der Waals surface area (Å²) in [7, 11) is 0. The molecule has 2 N–H and O–H groups in total. The Morgan fingerprint density at radius 1 is 1.31 bits per heavy atom. The number of carbonyl (C=O) groups is 1. The van der Waals surface area contributed by atoms with Crippen LogP contribution in [0, 0.1) is 11.3 Å². The van der Waals surface area contributed by atoms with E-state index in [9.17, 15) is 28.0 Å². The molecule has 0 spiro atoms. The van der Waals surface area contributed by atoms with E-state index < -0.39 is 29.8 Å². The number of alkyl halides is 3. The molecule has 0 radical (unpaired) electrons. The Balaban J connectivity index is 1.76. The molecular weight excluding hydrogens is 495 g/mol. The number of hydrogen-bond donors (Lipinski definition) is 2. The van der Waals surface area contributed by atoms with E-state index in [4.69, 9.17) is 4.74 Å². The molecule has 1 fully saturated rings. The maximum Gasteiger partial charge on any atom is 0.405 e. The van der Waals surface area contributed by atoms with Gasteiger partial charge in [-0.2, -0.15) is 18.4 Å². The van der Waals surface area contributed by atoms with Crippen LogP contribution in [-0.4, -0.2) is 60.9 Å². The number of thiazole rings is 1. The van der Waals surface area contributed by atoms with Crippen molar-refractivity contribution in [3.63, 3.8) is 0 Å². The zero-order chi connectivity index (χ0) is 26.1. The van der Waals surface area contributed by atoms with Crippen molar-refractivity contribution in [3.05, 3.63) is 49.4 Å². The summed E-state index contributed by atoms with van der Waals surface area (Å²) in [6.07, 6.45) is -1.23. The van der Waals surface area contributed by atoms with Gasteiger partial charge in [-0.05, 0) is 44.0 Å². The van der Waals surface area contributed by atoms with Gasteiger partial charge in [-0.15, -0.1) is 11.3 Å². The normalized spacial score (nSPS) is 15.9. The van der Waals surface area contributed by atoms with E-state index in [-0.39, 0.29) is 15.7 Å². The first kappa shape index (κ1) is 27.4. The van der Waals surface area contributed by atoms with Gasteiger partial charge in [0.25, 0.3) is 11.5 Å². The molecule has 12 heteroatoms. The number of nitrogens with one attached hydrogen (secondary N) is 2. The smallest absolute Gasteiger partial charge is 0.379 e. The Labute approximate surface area is 210 Å². The summed E-state index contributed by atoms with van der Waals surface area (Å²) in [6.45, 7) is 4.66. The number of morpholine rings is 1. The molecule has 0 saturated carbocycles. The number of halogens is 3. The molecule has 3 rings (SSSR count). The van der Waals surface area contributed by atoms with E-state index in [1.54, 1.807) is 18.3 Å². The molecule has 36 heavy (non-hydrogen) atoms. The monoisotopic (exact) mass is 523 g/mol. The summed E-state index contributed by atoms with van der Waals surface area (Å²) < 4.78 is 44.2. The van der Waals surface area contributed by atoms with Gasteiger partial charge in [0.2, 0.25) is 0 Å². The summed E-state index contributed by atoms with van der Waals surface area (Å²) in [5, 5.41) is 14.2. The number of aryl methyl sites for hydroxylation is 1. The standard InChI is InChI=1S/C24H28F3N5O3S/c1-2-32-22(34)20(36-23(32)19(14-28)21(33)30-16-24(25,26)27)15-29-18-7-3-5-17(13-18)6-4-8-31-9-11-35-12-10-31/h3,5,7,13,15,29H,2,4,6,8-12,16H2,1H3,(H,30,33)/b20-15+,23-19-. The number of ether oxygens (including phenoxy) is 1. The SMILES string of the molecule is CCn1c(=O)/c(=C\Nc2cccc(CCCN3CCOCC3)c2)s/c1=C(/C#N)C(=O)NCC(F)(F)F. The van der Waals surface area contributed by atoms with Crippen LogP contribution >= 0.6 is 11.3 Å². The van der Waals surface area contributed by atoms with Crippen LogP contribution in [0.2, 0.25) is 0 Å². The van der Waals surface area contributed by atoms with E-state index in [0.29, 0.717) is 0 Å². The second-order valence-corrected chi connectivity index (χ2v) is 9.18. The molecule has 0 bridgehead atoms. The lowest BCUT2D eigenvalue weighted by atomic mass is 10.1. The average Bonchev–Trinajstić information content (AvgIpc) is 3.17. The molecule has 1 saturated heterocycles. The van der Waals surface area contributed by atoms with Gasteiger partial charge in [0.05, 0.1) is 13.2 Å². The molecular formula is C24H28F3N5O3S. The highest BCUT2D eigenvalue weighted by atomic mass is 32.1. The topological polar surface area (TPSA) is 99.4 Å². The van der Waals surface area contributed by atoms with E-state index >= 15 is 0 Å². The lowest BCUT2D eigenvalue weighted by Gasteiger charge is -2.26. The quantitative estimate of drug-likeness (QED) is 0.516. The van der Waals surface area contributed by atoms with Crippen molar-refractivity contribution in [2.75, 3.05) is 44.7 Å². The maximum atomic E-state index is 12.8. The number of rotatable bonds is 9. The van der Waals surface area contributed by atoms with Gasteiger partial charge in [-0.1, -0.05) is 12.1 Å². The first-order chi connectivity index (χ1) is 17.2. The predicted molar refractivity (Wildman–Crippen MR) is 132 cm³/mol. The Morgan fingerprint density at radius 3 is 2.72 bits per heavy atom. The fraction of sp³-hybridized carbons (Fsp3) is 0.458. The van der Waals surface area contributed by atoms with Gasteiger partial charge in [-0.3, -0.25) is 19.1 Å². The van der Waals surface area contributed by atoms with Crippen molar-refractivity contribution in [3.8, 4) is 6.07 Å². The van der Waals surface area contributed by atoms with Crippen molar-refractivity contribution in [2.45, 2.75) is 32.5 Å². The fourth-order valence-corrected chi connectivity index (χ4v) is 4.84. The molecule has 1 aliphatic rings. The van der Waals surface area contributed by atoms with E-state index in [0.717, 1.165) is 68.3 Å². The minimum atomic E-state index is -4.62. The molecule has 0 unspecified atom stereocenters.